The van der Waals surface area contributed by atoms with Crippen molar-refractivity contribution in [1.29, 1.82) is 0 Å². The number of carbonyl (C=O) groups is 3. The Labute approximate surface area is 145 Å². The summed E-state index contributed by atoms with van der Waals surface area (Å²) in [5.74, 6) is -1.47. The highest BCUT2D eigenvalue weighted by molar-refractivity contribution is 5.98. The van der Waals surface area contributed by atoms with Gasteiger partial charge in [0.25, 0.3) is 5.91 Å². The molecule has 1 aliphatic rings. The number of benzene rings is 2. The summed E-state index contributed by atoms with van der Waals surface area (Å²) >= 11 is 0. The molecule has 0 spiro atoms. The topological polar surface area (TPSA) is 86.7 Å². The molecule has 0 aromatic heterocycles. The van der Waals surface area contributed by atoms with Crippen LogP contribution in [0.4, 0.5) is 0 Å². The van der Waals surface area contributed by atoms with Gasteiger partial charge in [-0.05, 0) is 23.8 Å². The lowest BCUT2D eigenvalue weighted by Gasteiger charge is -2.29. The van der Waals surface area contributed by atoms with Gasteiger partial charge in [0, 0.05) is 18.7 Å². The molecule has 25 heavy (non-hydrogen) atoms. The molecule has 0 saturated carbocycles. The van der Waals surface area contributed by atoms with Gasteiger partial charge in [0.05, 0.1) is 18.0 Å². The number of nitrogens with one attached hydrogen (secondary N) is 1. The zero-order valence-electron chi connectivity index (χ0n) is 13.5. The van der Waals surface area contributed by atoms with Crippen molar-refractivity contribution < 1.29 is 19.5 Å². The van der Waals surface area contributed by atoms with Gasteiger partial charge >= 0.3 is 5.97 Å². The first-order chi connectivity index (χ1) is 12.1. The highest BCUT2D eigenvalue weighted by atomic mass is 16.4. The molecular weight excluding hydrogens is 320 g/mol. The van der Waals surface area contributed by atoms with Crippen LogP contribution < -0.4 is 5.32 Å². The minimum absolute atomic E-state index is 0.0612. The fourth-order valence-electron chi connectivity index (χ4n) is 3.00. The number of carboxylic acids is 1. The van der Waals surface area contributed by atoms with E-state index in [4.69, 9.17) is 5.11 Å². The maximum absolute atomic E-state index is 13.0. The number of carbonyl (C=O) groups excluding carboxylic acids is 2. The molecule has 6 heteroatoms. The SMILES string of the molecule is O=C1CC(c2ccccc2)N(C(=O)c2cccc(C(=O)O)c2)CCN1. The van der Waals surface area contributed by atoms with Crippen LogP contribution in [-0.4, -0.2) is 40.9 Å². The standard InChI is InChI=1S/C19H18N2O4/c22-17-12-16(13-5-2-1-3-6-13)21(10-9-20-17)18(23)14-7-4-8-15(11-14)19(24)25/h1-8,11,16H,9-10,12H2,(H,20,22)(H,24,25). The second-order valence-electron chi connectivity index (χ2n) is 5.87. The molecule has 1 unspecified atom stereocenters. The molecular formula is C19H18N2O4. The van der Waals surface area contributed by atoms with Crippen LogP contribution >= 0.6 is 0 Å². The Balaban J connectivity index is 1.96. The normalized spacial score (nSPS) is 17.5. The molecule has 1 heterocycles. The first-order valence-corrected chi connectivity index (χ1v) is 8.02. The zero-order valence-corrected chi connectivity index (χ0v) is 13.5. The van der Waals surface area contributed by atoms with Crippen molar-refractivity contribution in [3.8, 4) is 0 Å². The van der Waals surface area contributed by atoms with Gasteiger partial charge in [-0.2, -0.15) is 0 Å². The molecule has 128 valence electrons. The predicted molar refractivity (Wildman–Crippen MR) is 91.2 cm³/mol. The molecule has 2 aromatic rings. The van der Waals surface area contributed by atoms with Crippen molar-refractivity contribution in [3.63, 3.8) is 0 Å². The van der Waals surface area contributed by atoms with Gasteiger partial charge in [-0.3, -0.25) is 9.59 Å². The highest BCUT2D eigenvalue weighted by Crippen LogP contribution is 2.27. The summed E-state index contributed by atoms with van der Waals surface area (Å²) in [5.41, 5.74) is 1.24. The summed E-state index contributed by atoms with van der Waals surface area (Å²) < 4.78 is 0. The van der Waals surface area contributed by atoms with Crippen molar-refractivity contribution >= 4 is 17.8 Å². The second-order valence-corrected chi connectivity index (χ2v) is 5.87. The van der Waals surface area contributed by atoms with E-state index in [1.807, 2.05) is 30.3 Å². The Kier molecular flexibility index (Phi) is 4.79. The van der Waals surface area contributed by atoms with Gasteiger partial charge in [-0.15, -0.1) is 0 Å². The molecule has 1 atom stereocenters. The number of carboxylic acid groups (broad SMARTS) is 1. The van der Waals surface area contributed by atoms with Gasteiger partial charge < -0.3 is 15.3 Å². The van der Waals surface area contributed by atoms with Crippen molar-refractivity contribution in [3.05, 3.63) is 71.3 Å². The average molecular weight is 338 g/mol. The van der Waals surface area contributed by atoms with Crippen molar-refractivity contribution in [1.82, 2.24) is 10.2 Å². The highest BCUT2D eigenvalue weighted by Gasteiger charge is 2.30. The molecule has 0 aliphatic carbocycles. The summed E-state index contributed by atoms with van der Waals surface area (Å²) in [6, 6.07) is 15.0. The van der Waals surface area contributed by atoms with E-state index in [0.29, 0.717) is 18.7 Å². The Morgan fingerprint density at radius 3 is 2.48 bits per heavy atom. The maximum atomic E-state index is 13.0. The molecule has 6 nitrogen and oxygen atoms in total. The van der Waals surface area contributed by atoms with E-state index < -0.39 is 5.97 Å². The van der Waals surface area contributed by atoms with Crippen LogP contribution in [-0.2, 0) is 4.79 Å². The van der Waals surface area contributed by atoms with E-state index >= 15 is 0 Å². The van der Waals surface area contributed by atoms with Gasteiger partial charge in [0.1, 0.15) is 0 Å². The number of hydrogen-bond donors (Lipinski definition) is 2. The molecule has 1 fully saturated rings. The van der Waals surface area contributed by atoms with Gasteiger partial charge in [-0.1, -0.05) is 36.4 Å². The Bertz CT molecular complexity index is 804. The molecule has 2 amide bonds. The van der Waals surface area contributed by atoms with Crippen LogP contribution in [0, 0.1) is 0 Å². The number of hydrogen-bond acceptors (Lipinski definition) is 3. The number of nitrogens with zero attached hydrogens (tertiary/aromatic N) is 1. The molecule has 3 rings (SSSR count). The first kappa shape index (κ1) is 16.7. The van der Waals surface area contributed by atoms with Crippen LogP contribution in [0.25, 0.3) is 0 Å². The zero-order chi connectivity index (χ0) is 17.8. The fraction of sp³-hybridized carbons (Fsp3) is 0.211. The maximum Gasteiger partial charge on any atom is 0.335 e. The van der Waals surface area contributed by atoms with E-state index in [-0.39, 0.29) is 29.8 Å². The quantitative estimate of drug-likeness (QED) is 0.897. The molecule has 2 N–H and O–H groups in total. The molecule has 1 saturated heterocycles. The van der Waals surface area contributed by atoms with Crippen molar-refractivity contribution in [2.45, 2.75) is 12.5 Å². The summed E-state index contributed by atoms with van der Waals surface area (Å²) in [4.78, 5) is 37.8. The number of amides is 2. The van der Waals surface area contributed by atoms with Crippen LogP contribution in [0.1, 0.15) is 38.7 Å². The van der Waals surface area contributed by atoms with Crippen molar-refractivity contribution in [2.24, 2.45) is 0 Å². The number of aromatic carboxylic acids is 1. The summed E-state index contributed by atoms with van der Waals surface area (Å²) in [5, 5.41) is 11.9. The summed E-state index contributed by atoms with van der Waals surface area (Å²) in [7, 11) is 0. The third-order valence-electron chi connectivity index (χ3n) is 4.23. The molecule has 0 bridgehead atoms. The summed E-state index contributed by atoms with van der Waals surface area (Å²) in [6.45, 7) is 0.730. The van der Waals surface area contributed by atoms with Gasteiger partial charge in [-0.25, -0.2) is 4.79 Å². The van der Waals surface area contributed by atoms with E-state index in [9.17, 15) is 14.4 Å². The largest absolute Gasteiger partial charge is 0.478 e. The molecule has 0 radical (unpaired) electrons. The van der Waals surface area contributed by atoms with Gasteiger partial charge in [0.15, 0.2) is 0 Å². The lowest BCUT2D eigenvalue weighted by molar-refractivity contribution is -0.121. The lowest BCUT2D eigenvalue weighted by Crippen LogP contribution is -2.36. The van der Waals surface area contributed by atoms with E-state index in [0.717, 1.165) is 5.56 Å². The fourth-order valence-corrected chi connectivity index (χ4v) is 3.00. The smallest absolute Gasteiger partial charge is 0.335 e. The van der Waals surface area contributed by atoms with Crippen LogP contribution in [0.5, 0.6) is 0 Å². The van der Waals surface area contributed by atoms with E-state index in [1.54, 1.807) is 17.0 Å². The third kappa shape index (κ3) is 3.68. The molecule has 2 aromatic carbocycles. The Morgan fingerprint density at radius 1 is 1.04 bits per heavy atom. The second kappa shape index (κ2) is 7.17. The molecule has 1 aliphatic heterocycles. The predicted octanol–water partition coefficient (Wildman–Crippen LogP) is 2.09. The first-order valence-electron chi connectivity index (χ1n) is 8.02. The van der Waals surface area contributed by atoms with E-state index in [1.165, 1.54) is 12.1 Å². The van der Waals surface area contributed by atoms with Crippen LogP contribution in [0.3, 0.4) is 0 Å². The average Bonchev–Trinajstić information content (AvgIpc) is 2.83. The van der Waals surface area contributed by atoms with E-state index in [2.05, 4.69) is 5.32 Å². The monoisotopic (exact) mass is 338 g/mol. The number of rotatable bonds is 3. The third-order valence-corrected chi connectivity index (χ3v) is 4.23. The summed E-state index contributed by atoms with van der Waals surface area (Å²) in [6.07, 6.45) is 0.175. The van der Waals surface area contributed by atoms with Crippen molar-refractivity contribution in [2.75, 3.05) is 13.1 Å². The Hall–Kier alpha value is -3.15. The lowest BCUT2D eigenvalue weighted by atomic mass is 10.0. The minimum Gasteiger partial charge on any atom is -0.478 e. The Morgan fingerprint density at radius 2 is 1.76 bits per heavy atom. The van der Waals surface area contributed by atoms with Crippen LogP contribution in [0.2, 0.25) is 0 Å². The van der Waals surface area contributed by atoms with Gasteiger partial charge in [0.2, 0.25) is 5.91 Å². The van der Waals surface area contributed by atoms with Crippen LogP contribution in [0.15, 0.2) is 54.6 Å². The minimum atomic E-state index is -1.08.